The Kier molecular flexibility index (Phi) is 6.15. The largest absolute Gasteiger partial charge is 0.346 e. The highest BCUT2D eigenvalue weighted by molar-refractivity contribution is 5.91. The zero-order chi connectivity index (χ0) is 23.0. The van der Waals surface area contributed by atoms with Gasteiger partial charge in [0, 0.05) is 12.5 Å². The molecule has 4 rings (SSSR count). The second-order valence-corrected chi connectivity index (χ2v) is 10.9. The Morgan fingerprint density at radius 2 is 1.69 bits per heavy atom. The monoisotopic (exact) mass is 432 g/mol. The van der Waals surface area contributed by atoms with Crippen molar-refractivity contribution in [2.24, 2.45) is 11.8 Å². The van der Waals surface area contributed by atoms with Crippen molar-refractivity contribution in [1.82, 2.24) is 10.2 Å². The molecule has 0 radical (unpaired) electrons. The summed E-state index contributed by atoms with van der Waals surface area (Å²) in [4.78, 5) is 28.6. The van der Waals surface area contributed by atoms with Crippen LogP contribution in [0.25, 0.3) is 0 Å². The first-order chi connectivity index (χ1) is 15.1. The summed E-state index contributed by atoms with van der Waals surface area (Å²) in [5.41, 5.74) is 3.71. The molecule has 4 nitrogen and oxygen atoms in total. The van der Waals surface area contributed by atoms with Gasteiger partial charge in [-0.15, -0.1) is 0 Å². The van der Waals surface area contributed by atoms with E-state index in [4.69, 9.17) is 0 Å². The zero-order valence-electron chi connectivity index (χ0n) is 20.0. The van der Waals surface area contributed by atoms with Crippen LogP contribution in [0.4, 0.5) is 0 Å². The van der Waals surface area contributed by atoms with Gasteiger partial charge >= 0.3 is 0 Å². The number of hydrogen-bond donors (Lipinski definition) is 1. The second kappa shape index (κ2) is 8.73. The number of nitrogens with zero attached hydrogens (tertiary/aromatic N) is 1. The van der Waals surface area contributed by atoms with Crippen molar-refractivity contribution in [3.63, 3.8) is 0 Å². The van der Waals surface area contributed by atoms with Crippen LogP contribution in [-0.2, 0) is 15.0 Å². The van der Waals surface area contributed by atoms with Crippen LogP contribution in [0.15, 0.2) is 54.6 Å². The average molecular weight is 433 g/mol. The highest BCUT2D eigenvalue weighted by Crippen LogP contribution is 2.49. The molecule has 4 heteroatoms. The third-order valence-electron chi connectivity index (χ3n) is 6.87. The van der Waals surface area contributed by atoms with Gasteiger partial charge < -0.3 is 10.2 Å². The normalized spacial score (nSPS) is 25.6. The van der Waals surface area contributed by atoms with Crippen LogP contribution in [0.5, 0.6) is 0 Å². The molecule has 2 fully saturated rings. The third kappa shape index (κ3) is 4.74. The first kappa shape index (κ1) is 22.6. The van der Waals surface area contributed by atoms with Crippen molar-refractivity contribution in [3.8, 4) is 0 Å². The smallest absolute Gasteiger partial charge is 0.243 e. The number of piperazine rings is 1. The standard InChI is InChI=1S/C28H36N2O2/c1-18(2)15-25-26(31)29-24(20-9-7-6-8-10-20)17-30(25)27(32)23-16-22(23)19-11-13-21(14-12-19)28(3,4)5/h6-14,18,22-25H,15-17H2,1-5H3,(H,29,31)/t22-,23+,24+,25-/m0/s1. The molecule has 1 saturated heterocycles. The molecule has 0 bridgehead atoms. The molecule has 0 spiro atoms. The third-order valence-corrected chi connectivity index (χ3v) is 6.87. The van der Waals surface area contributed by atoms with E-state index in [0.29, 0.717) is 18.9 Å². The predicted octanol–water partition coefficient (Wildman–Crippen LogP) is 5.20. The molecule has 1 N–H and O–H groups in total. The second-order valence-electron chi connectivity index (χ2n) is 10.9. The van der Waals surface area contributed by atoms with E-state index in [2.05, 4.69) is 64.2 Å². The minimum atomic E-state index is -0.382. The molecule has 0 aromatic heterocycles. The molecule has 32 heavy (non-hydrogen) atoms. The molecule has 1 aliphatic heterocycles. The molecular weight excluding hydrogens is 396 g/mol. The molecule has 1 heterocycles. The van der Waals surface area contributed by atoms with Crippen molar-refractivity contribution < 1.29 is 9.59 Å². The summed E-state index contributed by atoms with van der Waals surface area (Å²) in [6.45, 7) is 11.4. The van der Waals surface area contributed by atoms with Crippen molar-refractivity contribution in [1.29, 1.82) is 0 Å². The van der Waals surface area contributed by atoms with Gasteiger partial charge in [-0.3, -0.25) is 9.59 Å². The fourth-order valence-corrected chi connectivity index (χ4v) is 4.86. The van der Waals surface area contributed by atoms with Crippen molar-refractivity contribution in [2.45, 2.75) is 70.9 Å². The van der Waals surface area contributed by atoms with Crippen LogP contribution in [0.3, 0.4) is 0 Å². The zero-order valence-corrected chi connectivity index (χ0v) is 20.0. The lowest BCUT2D eigenvalue weighted by Crippen LogP contribution is -2.59. The first-order valence-corrected chi connectivity index (χ1v) is 11.9. The maximum absolute atomic E-state index is 13.6. The first-order valence-electron chi connectivity index (χ1n) is 11.9. The van der Waals surface area contributed by atoms with Crippen LogP contribution in [-0.4, -0.2) is 29.3 Å². The summed E-state index contributed by atoms with van der Waals surface area (Å²) in [5, 5.41) is 3.16. The Labute approximate surface area is 192 Å². The van der Waals surface area contributed by atoms with E-state index < -0.39 is 0 Å². The molecule has 2 amide bonds. The molecule has 2 aromatic carbocycles. The van der Waals surface area contributed by atoms with Gasteiger partial charge in [-0.25, -0.2) is 0 Å². The molecular formula is C28H36N2O2. The molecule has 1 aliphatic carbocycles. The molecule has 0 unspecified atom stereocenters. The van der Waals surface area contributed by atoms with Crippen LogP contribution in [0.2, 0.25) is 0 Å². The van der Waals surface area contributed by atoms with E-state index in [1.165, 1.54) is 11.1 Å². The van der Waals surface area contributed by atoms with Gasteiger partial charge in [0.2, 0.25) is 11.8 Å². The highest BCUT2D eigenvalue weighted by atomic mass is 16.2. The lowest BCUT2D eigenvalue weighted by atomic mass is 9.86. The number of carbonyl (C=O) groups excluding carboxylic acids is 2. The minimum Gasteiger partial charge on any atom is -0.346 e. The number of carbonyl (C=O) groups is 2. The van der Waals surface area contributed by atoms with Gasteiger partial charge in [0.25, 0.3) is 0 Å². The average Bonchev–Trinajstić information content (AvgIpc) is 3.55. The maximum Gasteiger partial charge on any atom is 0.243 e. The summed E-state index contributed by atoms with van der Waals surface area (Å²) < 4.78 is 0. The summed E-state index contributed by atoms with van der Waals surface area (Å²) >= 11 is 0. The van der Waals surface area contributed by atoms with Gasteiger partial charge in [-0.05, 0) is 46.8 Å². The summed E-state index contributed by atoms with van der Waals surface area (Å²) in [7, 11) is 0. The number of benzene rings is 2. The molecule has 170 valence electrons. The van der Waals surface area contributed by atoms with E-state index in [1.54, 1.807) is 0 Å². The highest BCUT2D eigenvalue weighted by Gasteiger charge is 2.49. The summed E-state index contributed by atoms with van der Waals surface area (Å²) in [5.74, 6) is 0.688. The lowest BCUT2D eigenvalue weighted by Gasteiger charge is -2.40. The minimum absolute atomic E-state index is 0.0209. The fraction of sp³-hybridized carbons (Fsp3) is 0.500. The Hall–Kier alpha value is -2.62. The number of rotatable bonds is 5. The molecule has 1 saturated carbocycles. The summed E-state index contributed by atoms with van der Waals surface area (Å²) in [6, 6.07) is 18.2. The Bertz CT molecular complexity index is 959. The predicted molar refractivity (Wildman–Crippen MR) is 128 cm³/mol. The van der Waals surface area contributed by atoms with Crippen molar-refractivity contribution >= 4 is 11.8 Å². The molecule has 2 aliphatic rings. The van der Waals surface area contributed by atoms with E-state index >= 15 is 0 Å². The lowest BCUT2D eigenvalue weighted by molar-refractivity contribution is -0.146. The van der Waals surface area contributed by atoms with E-state index in [1.807, 2.05) is 35.2 Å². The Balaban J connectivity index is 1.52. The Morgan fingerprint density at radius 1 is 1.03 bits per heavy atom. The van der Waals surface area contributed by atoms with Crippen molar-refractivity contribution in [3.05, 3.63) is 71.3 Å². The van der Waals surface area contributed by atoms with Crippen LogP contribution in [0, 0.1) is 11.8 Å². The maximum atomic E-state index is 13.6. The van der Waals surface area contributed by atoms with Gasteiger partial charge in [-0.2, -0.15) is 0 Å². The SMILES string of the molecule is CC(C)C[C@H]1C(=O)N[C@@H](c2ccccc2)CN1C(=O)[C@@H]1C[C@H]1c1ccc(C(C)(C)C)cc1. The summed E-state index contributed by atoms with van der Waals surface area (Å²) in [6.07, 6.45) is 1.56. The van der Waals surface area contributed by atoms with Gasteiger partial charge in [0.1, 0.15) is 6.04 Å². The van der Waals surface area contributed by atoms with Crippen LogP contribution < -0.4 is 5.32 Å². The topological polar surface area (TPSA) is 49.4 Å². The Morgan fingerprint density at radius 3 is 2.28 bits per heavy atom. The number of nitrogens with one attached hydrogen (secondary N) is 1. The van der Waals surface area contributed by atoms with E-state index in [-0.39, 0.29) is 41.1 Å². The van der Waals surface area contributed by atoms with Gasteiger partial charge in [-0.1, -0.05) is 89.2 Å². The quantitative estimate of drug-likeness (QED) is 0.706. The number of hydrogen-bond acceptors (Lipinski definition) is 2. The van der Waals surface area contributed by atoms with Crippen LogP contribution in [0.1, 0.15) is 76.1 Å². The van der Waals surface area contributed by atoms with E-state index in [0.717, 1.165) is 12.0 Å². The van der Waals surface area contributed by atoms with Gasteiger partial charge in [0.05, 0.1) is 6.04 Å². The fourth-order valence-electron chi connectivity index (χ4n) is 4.86. The molecule has 2 aromatic rings. The van der Waals surface area contributed by atoms with Crippen molar-refractivity contribution in [2.75, 3.05) is 6.54 Å². The number of amides is 2. The molecule has 4 atom stereocenters. The van der Waals surface area contributed by atoms with E-state index in [9.17, 15) is 9.59 Å². The van der Waals surface area contributed by atoms with Crippen LogP contribution >= 0.6 is 0 Å². The van der Waals surface area contributed by atoms with Gasteiger partial charge in [0.15, 0.2) is 0 Å².